The van der Waals surface area contributed by atoms with Crippen LogP contribution in [0.3, 0.4) is 0 Å². The van der Waals surface area contributed by atoms with Crippen LogP contribution in [0.1, 0.15) is 28.8 Å². The van der Waals surface area contributed by atoms with E-state index in [4.69, 9.17) is 13.6 Å². The van der Waals surface area contributed by atoms with E-state index in [0.717, 1.165) is 0 Å². The Bertz CT molecular complexity index is 635. The van der Waals surface area contributed by atoms with Gasteiger partial charge in [-0.05, 0) is 24.3 Å². The van der Waals surface area contributed by atoms with E-state index < -0.39 is 0 Å². The van der Waals surface area contributed by atoms with Gasteiger partial charge in [0, 0.05) is 19.5 Å². The molecule has 1 saturated heterocycles. The van der Waals surface area contributed by atoms with E-state index >= 15 is 0 Å². The van der Waals surface area contributed by atoms with Gasteiger partial charge in [-0.3, -0.25) is 9.59 Å². The maximum absolute atomic E-state index is 12.2. The van der Waals surface area contributed by atoms with E-state index in [2.05, 4.69) is 5.32 Å². The van der Waals surface area contributed by atoms with Crippen molar-refractivity contribution in [2.24, 2.45) is 0 Å². The van der Waals surface area contributed by atoms with Crippen LogP contribution >= 0.6 is 0 Å². The van der Waals surface area contributed by atoms with Crippen molar-refractivity contribution >= 4 is 11.8 Å². The molecule has 122 valence electrons. The van der Waals surface area contributed by atoms with Crippen molar-refractivity contribution in [1.29, 1.82) is 0 Å². The molecular weight excluding hydrogens is 300 g/mol. The summed E-state index contributed by atoms with van der Waals surface area (Å²) in [5.41, 5.74) is 0. The smallest absolute Gasteiger partial charge is 0.286 e. The lowest BCUT2D eigenvalue weighted by atomic mass is 10.2. The first kappa shape index (κ1) is 15.4. The van der Waals surface area contributed by atoms with Crippen molar-refractivity contribution < 1.29 is 23.2 Å². The number of nitrogens with one attached hydrogen (secondary N) is 1. The molecule has 0 saturated carbocycles. The Morgan fingerprint density at radius 1 is 1.22 bits per heavy atom. The van der Waals surface area contributed by atoms with Crippen molar-refractivity contribution in [3.05, 3.63) is 48.3 Å². The Balaban J connectivity index is 1.45. The molecule has 1 aliphatic heterocycles. The Kier molecular flexibility index (Phi) is 4.77. The van der Waals surface area contributed by atoms with Crippen LogP contribution in [-0.4, -0.2) is 43.0 Å². The zero-order valence-corrected chi connectivity index (χ0v) is 12.6. The first-order chi connectivity index (χ1) is 11.2. The lowest BCUT2D eigenvalue weighted by Gasteiger charge is -2.32. The molecular formula is C16H18N2O5. The maximum atomic E-state index is 12.2. The van der Waals surface area contributed by atoms with Crippen LogP contribution in [-0.2, 0) is 9.53 Å². The fraction of sp³-hybridized carbons (Fsp3) is 0.375. The second-order valence-corrected chi connectivity index (χ2v) is 5.20. The fourth-order valence-electron chi connectivity index (χ4n) is 2.46. The molecule has 7 nitrogen and oxygen atoms in total. The van der Waals surface area contributed by atoms with Gasteiger partial charge in [-0.2, -0.15) is 0 Å². The summed E-state index contributed by atoms with van der Waals surface area (Å²) >= 11 is 0. The van der Waals surface area contributed by atoms with Gasteiger partial charge in [0.15, 0.2) is 5.76 Å². The maximum Gasteiger partial charge on any atom is 0.286 e. The number of rotatable bonds is 5. The van der Waals surface area contributed by atoms with Crippen molar-refractivity contribution in [3.8, 4) is 0 Å². The quantitative estimate of drug-likeness (QED) is 0.905. The van der Waals surface area contributed by atoms with Crippen LogP contribution in [0.4, 0.5) is 0 Å². The van der Waals surface area contributed by atoms with Gasteiger partial charge in [0.1, 0.15) is 11.9 Å². The Labute approximate surface area is 133 Å². The number of morpholine rings is 1. The molecule has 3 heterocycles. The number of furan rings is 2. The highest BCUT2D eigenvalue weighted by Crippen LogP contribution is 2.22. The fourth-order valence-corrected chi connectivity index (χ4v) is 2.46. The van der Waals surface area contributed by atoms with E-state index in [-0.39, 0.29) is 36.6 Å². The van der Waals surface area contributed by atoms with Gasteiger partial charge in [0.2, 0.25) is 5.91 Å². The number of hydrogen-bond acceptors (Lipinski definition) is 5. The number of ether oxygens (including phenoxy) is 1. The number of carbonyl (C=O) groups excluding carboxylic acids is 2. The van der Waals surface area contributed by atoms with Crippen LogP contribution in [0, 0.1) is 0 Å². The molecule has 23 heavy (non-hydrogen) atoms. The van der Waals surface area contributed by atoms with Gasteiger partial charge in [-0.25, -0.2) is 0 Å². The van der Waals surface area contributed by atoms with Gasteiger partial charge >= 0.3 is 0 Å². The molecule has 0 bridgehead atoms. The molecule has 7 heteroatoms. The van der Waals surface area contributed by atoms with Gasteiger partial charge in [0.05, 0.1) is 25.7 Å². The lowest BCUT2D eigenvalue weighted by Crippen LogP contribution is -2.43. The first-order valence-electron chi connectivity index (χ1n) is 7.48. The monoisotopic (exact) mass is 318 g/mol. The summed E-state index contributed by atoms with van der Waals surface area (Å²) in [6, 6.07) is 6.85. The SMILES string of the molecule is O=C(NCCC(=O)N1CCO[C@H](c2ccco2)C1)c1ccco1. The minimum absolute atomic E-state index is 0.0235. The van der Waals surface area contributed by atoms with E-state index in [1.807, 2.05) is 6.07 Å². The third-order valence-corrected chi connectivity index (χ3v) is 3.65. The summed E-state index contributed by atoms with van der Waals surface area (Å²) in [7, 11) is 0. The largest absolute Gasteiger partial charge is 0.467 e. The minimum atomic E-state index is -0.321. The van der Waals surface area contributed by atoms with Crippen molar-refractivity contribution in [2.75, 3.05) is 26.2 Å². The van der Waals surface area contributed by atoms with Crippen molar-refractivity contribution in [1.82, 2.24) is 10.2 Å². The normalized spacial score (nSPS) is 17.9. The molecule has 1 N–H and O–H groups in total. The molecule has 1 aliphatic rings. The van der Waals surface area contributed by atoms with E-state index in [1.165, 1.54) is 6.26 Å². The average molecular weight is 318 g/mol. The zero-order chi connectivity index (χ0) is 16.1. The summed E-state index contributed by atoms with van der Waals surface area (Å²) in [5, 5.41) is 2.66. The topological polar surface area (TPSA) is 84.9 Å². The van der Waals surface area contributed by atoms with E-state index in [9.17, 15) is 9.59 Å². The number of amides is 2. The van der Waals surface area contributed by atoms with Gasteiger partial charge in [-0.1, -0.05) is 0 Å². The van der Waals surface area contributed by atoms with Crippen LogP contribution in [0.25, 0.3) is 0 Å². The zero-order valence-electron chi connectivity index (χ0n) is 12.6. The molecule has 1 fully saturated rings. The highest BCUT2D eigenvalue weighted by atomic mass is 16.5. The van der Waals surface area contributed by atoms with Crippen molar-refractivity contribution in [2.45, 2.75) is 12.5 Å². The highest BCUT2D eigenvalue weighted by molar-refractivity contribution is 5.91. The van der Waals surface area contributed by atoms with E-state index in [0.29, 0.717) is 25.5 Å². The summed E-state index contributed by atoms with van der Waals surface area (Å²) in [5.74, 6) is 0.609. The molecule has 3 rings (SSSR count). The molecule has 2 aromatic heterocycles. The van der Waals surface area contributed by atoms with Crippen LogP contribution in [0.5, 0.6) is 0 Å². The standard InChI is InChI=1S/C16H18N2O5/c19-15(5-6-17-16(20)13-4-2-9-22-13)18-7-10-23-14(11-18)12-3-1-8-21-12/h1-4,8-9,14H,5-7,10-11H2,(H,17,20)/t14-/m0/s1. The van der Waals surface area contributed by atoms with E-state index in [1.54, 1.807) is 29.4 Å². The lowest BCUT2D eigenvalue weighted by molar-refractivity contribution is -0.139. The molecule has 0 radical (unpaired) electrons. The highest BCUT2D eigenvalue weighted by Gasteiger charge is 2.26. The van der Waals surface area contributed by atoms with Crippen molar-refractivity contribution in [3.63, 3.8) is 0 Å². The molecule has 2 aromatic rings. The predicted octanol–water partition coefficient (Wildman–Crippen LogP) is 1.59. The molecule has 2 amide bonds. The third kappa shape index (κ3) is 3.81. The Morgan fingerprint density at radius 2 is 2.04 bits per heavy atom. The van der Waals surface area contributed by atoms with Crippen LogP contribution in [0.2, 0.25) is 0 Å². The molecule has 0 aliphatic carbocycles. The first-order valence-corrected chi connectivity index (χ1v) is 7.48. The van der Waals surface area contributed by atoms with Gasteiger partial charge in [-0.15, -0.1) is 0 Å². The number of carbonyl (C=O) groups is 2. The summed E-state index contributed by atoms with van der Waals surface area (Å²) in [6.45, 7) is 1.73. The molecule has 0 aromatic carbocycles. The predicted molar refractivity (Wildman–Crippen MR) is 79.6 cm³/mol. The molecule has 0 unspecified atom stereocenters. The molecule has 0 spiro atoms. The summed E-state index contributed by atoms with van der Waals surface area (Å²) < 4.78 is 15.9. The number of nitrogens with zero attached hydrogens (tertiary/aromatic N) is 1. The third-order valence-electron chi connectivity index (χ3n) is 3.65. The summed E-state index contributed by atoms with van der Waals surface area (Å²) in [6.07, 6.45) is 3.02. The minimum Gasteiger partial charge on any atom is -0.467 e. The molecule has 1 atom stereocenters. The van der Waals surface area contributed by atoms with Crippen LogP contribution in [0.15, 0.2) is 45.6 Å². The summed E-state index contributed by atoms with van der Waals surface area (Å²) in [4.78, 5) is 25.7. The van der Waals surface area contributed by atoms with Gasteiger partial charge < -0.3 is 23.8 Å². The Morgan fingerprint density at radius 3 is 2.78 bits per heavy atom. The number of hydrogen-bond donors (Lipinski definition) is 1. The van der Waals surface area contributed by atoms with Crippen LogP contribution < -0.4 is 5.32 Å². The second kappa shape index (κ2) is 7.15. The average Bonchev–Trinajstić information content (AvgIpc) is 3.28. The second-order valence-electron chi connectivity index (χ2n) is 5.20. The Hall–Kier alpha value is -2.54. The van der Waals surface area contributed by atoms with Gasteiger partial charge in [0.25, 0.3) is 5.91 Å².